The van der Waals surface area contributed by atoms with Gasteiger partial charge in [0.1, 0.15) is 0 Å². The normalized spacial score (nSPS) is 28.7. The minimum absolute atomic E-state index is 0.235. The van der Waals surface area contributed by atoms with Crippen LogP contribution < -0.4 is 0 Å². The van der Waals surface area contributed by atoms with E-state index in [2.05, 4.69) is 11.9 Å². The van der Waals surface area contributed by atoms with Crippen LogP contribution in [-0.2, 0) is 14.3 Å². The van der Waals surface area contributed by atoms with Crippen molar-refractivity contribution in [1.82, 2.24) is 0 Å². The lowest BCUT2D eigenvalue weighted by Crippen LogP contribution is -2.56. The molecule has 0 aliphatic carbocycles. The van der Waals surface area contributed by atoms with Crippen LogP contribution in [-0.4, -0.2) is 30.6 Å². The first-order valence-corrected chi connectivity index (χ1v) is 6.61. The Morgan fingerprint density at radius 1 is 1.44 bits per heavy atom. The van der Waals surface area contributed by atoms with Gasteiger partial charge in [0.05, 0.1) is 7.11 Å². The molecule has 0 aromatic carbocycles. The summed E-state index contributed by atoms with van der Waals surface area (Å²) in [6.07, 6.45) is 2.73. The summed E-state index contributed by atoms with van der Waals surface area (Å²) in [5, 5.41) is 0. The summed E-state index contributed by atoms with van der Waals surface area (Å²) in [5.41, 5.74) is -1.05. The van der Waals surface area contributed by atoms with Gasteiger partial charge in [-0.3, -0.25) is 0 Å². The van der Waals surface area contributed by atoms with Gasteiger partial charge < -0.3 is 9.47 Å². The first kappa shape index (κ1) is 15.0. The highest BCUT2D eigenvalue weighted by atomic mass is 16.6. The van der Waals surface area contributed by atoms with Gasteiger partial charge in [-0.1, -0.05) is 40.5 Å². The van der Waals surface area contributed by atoms with Gasteiger partial charge in [0.25, 0.3) is 0 Å². The number of aliphatic imine (C=N–C) groups is 1. The van der Waals surface area contributed by atoms with E-state index in [1.165, 1.54) is 0 Å². The molecule has 0 saturated carbocycles. The monoisotopic (exact) mass is 255 g/mol. The quantitative estimate of drug-likeness (QED) is 0.728. The molecule has 0 bridgehead atoms. The number of unbranched alkanes of at least 4 members (excludes halogenated alkanes) is 1. The Labute approximate surface area is 110 Å². The van der Waals surface area contributed by atoms with E-state index in [4.69, 9.17) is 9.47 Å². The molecule has 0 fully saturated rings. The molecule has 18 heavy (non-hydrogen) atoms. The number of hydrogen-bond acceptors (Lipinski definition) is 4. The summed E-state index contributed by atoms with van der Waals surface area (Å²) in [6.45, 7) is 10.0. The van der Waals surface area contributed by atoms with E-state index < -0.39 is 11.6 Å². The van der Waals surface area contributed by atoms with Crippen molar-refractivity contribution in [1.29, 1.82) is 0 Å². The molecule has 1 heterocycles. The van der Waals surface area contributed by atoms with E-state index in [1.807, 2.05) is 27.7 Å². The first-order chi connectivity index (χ1) is 8.26. The van der Waals surface area contributed by atoms with E-state index in [0.717, 1.165) is 19.3 Å². The van der Waals surface area contributed by atoms with Gasteiger partial charge in [0, 0.05) is 5.41 Å². The largest absolute Gasteiger partial charge is 0.481 e. The molecule has 104 valence electrons. The molecule has 0 radical (unpaired) electrons. The van der Waals surface area contributed by atoms with Crippen LogP contribution in [0.25, 0.3) is 0 Å². The van der Waals surface area contributed by atoms with Crippen molar-refractivity contribution in [2.45, 2.75) is 65.5 Å². The second-order valence-electron chi connectivity index (χ2n) is 6.00. The lowest BCUT2D eigenvalue weighted by Gasteiger charge is -2.43. The van der Waals surface area contributed by atoms with Crippen molar-refractivity contribution in [3.63, 3.8) is 0 Å². The number of cyclic esters (lactones) is 1. The van der Waals surface area contributed by atoms with Crippen molar-refractivity contribution >= 4 is 11.9 Å². The zero-order valence-electron chi connectivity index (χ0n) is 12.4. The molecule has 1 aliphatic heterocycles. The Bertz CT molecular complexity index is 343. The summed E-state index contributed by atoms with van der Waals surface area (Å²) in [5.74, 6) is 0.289. The van der Waals surface area contributed by atoms with Gasteiger partial charge in [-0.2, -0.15) is 0 Å². The molecule has 0 amide bonds. The van der Waals surface area contributed by atoms with Crippen molar-refractivity contribution in [2.24, 2.45) is 10.4 Å². The van der Waals surface area contributed by atoms with Crippen molar-refractivity contribution in [2.75, 3.05) is 7.11 Å². The van der Waals surface area contributed by atoms with E-state index in [0.29, 0.717) is 5.90 Å². The predicted molar refractivity (Wildman–Crippen MR) is 71.7 cm³/mol. The standard InChI is InChI=1S/C14H25NO3/c1-7-8-9-10-11(16)18-14(5,13(2,3)4)12(15-10)17-6/h10H,7-9H2,1-6H3/t10-,14+/m0/s1. The predicted octanol–water partition coefficient (Wildman–Crippen LogP) is 2.95. The molecule has 1 aliphatic rings. The Hall–Kier alpha value is -1.06. The molecule has 0 aromatic rings. The summed E-state index contributed by atoms with van der Waals surface area (Å²) >= 11 is 0. The fourth-order valence-corrected chi connectivity index (χ4v) is 1.93. The number of methoxy groups -OCH3 is 1. The molecule has 0 N–H and O–H groups in total. The lowest BCUT2D eigenvalue weighted by molar-refractivity contribution is -0.166. The fraction of sp³-hybridized carbons (Fsp3) is 0.857. The third-order valence-electron chi connectivity index (χ3n) is 3.71. The fourth-order valence-electron chi connectivity index (χ4n) is 1.93. The van der Waals surface area contributed by atoms with Crippen LogP contribution in [0.15, 0.2) is 4.99 Å². The van der Waals surface area contributed by atoms with Crippen LogP contribution in [0.1, 0.15) is 53.9 Å². The smallest absolute Gasteiger partial charge is 0.332 e. The zero-order chi connectivity index (χ0) is 14.0. The van der Waals surface area contributed by atoms with Crippen LogP contribution in [0, 0.1) is 5.41 Å². The van der Waals surface area contributed by atoms with Crippen molar-refractivity contribution < 1.29 is 14.3 Å². The molecule has 0 saturated heterocycles. The Kier molecular flexibility index (Phi) is 4.41. The summed E-state index contributed by atoms with van der Waals surface area (Å²) in [6, 6.07) is -0.407. The number of carbonyl (C=O) groups excluding carboxylic acids is 1. The maximum atomic E-state index is 12.0. The second kappa shape index (κ2) is 5.29. The number of nitrogens with zero attached hydrogens (tertiary/aromatic N) is 1. The van der Waals surface area contributed by atoms with Crippen LogP contribution >= 0.6 is 0 Å². The van der Waals surface area contributed by atoms with Gasteiger partial charge >= 0.3 is 5.97 Å². The molecular weight excluding hydrogens is 230 g/mol. The van der Waals surface area contributed by atoms with Crippen LogP contribution in [0.5, 0.6) is 0 Å². The summed E-state index contributed by atoms with van der Waals surface area (Å²) in [4.78, 5) is 16.5. The lowest BCUT2D eigenvalue weighted by atomic mass is 9.76. The molecule has 2 atom stereocenters. The Morgan fingerprint density at radius 2 is 2.06 bits per heavy atom. The molecule has 4 nitrogen and oxygen atoms in total. The third-order valence-corrected chi connectivity index (χ3v) is 3.71. The Balaban J connectivity index is 3.04. The minimum Gasteiger partial charge on any atom is -0.481 e. The number of rotatable bonds is 3. The number of ether oxygens (including phenoxy) is 2. The molecular formula is C14H25NO3. The highest BCUT2D eigenvalue weighted by Crippen LogP contribution is 2.38. The van der Waals surface area contributed by atoms with Crippen LogP contribution in [0.4, 0.5) is 0 Å². The Morgan fingerprint density at radius 3 is 2.50 bits per heavy atom. The molecule has 0 spiro atoms. The average molecular weight is 255 g/mol. The molecule has 1 rings (SSSR count). The van der Waals surface area contributed by atoms with Crippen molar-refractivity contribution in [3.8, 4) is 0 Å². The van der Waals surface area contributed by atoms with Gasteiger partial charge in [0.15, 0.2) is 11.6 Å². The second-order valence-corrected chi connectivity index (χ2v) is 6.00. The number of hydrogen-bond donors (Lipinski definition) is 0. The third kappa shape index (κ3) is 2.68. The number of esters is 1. The van der Waals surface area contributed by atoms with Crippen LogP contribution in [0.3, 0.4) is 0 Å². The van der Waals surface area contributed by atoms with Crippen molar-refractivity contribution in [3.05, 3.63) is 0 Å². The summed E-state index contributed by atoms with van der Waals surface area (Å²) in [7, 11) is 1.58. The zero-order valence-corrected chi connectivity index (χ0v) is 12.4. The van der Waals surface area contributed by atoms with Crippen LogP contribution in [0.2, 0.25) is 0 Å². The van der Waals surface area contributed by atoms with Gasteiger partial charge in [0.2, 0.25) is 5.90 Å². The van der Waals surface area contributed by atoms with Gasteiger partial charge in [-0.05, 0) is 13.3 Å². The molecule has 0 aromatic heterocycles. The van der Waals surface area contributed by atoms with E-state index in [9.17, 15) is 4.79 Å². The maximum absolute atomic E-state index is 12.0. The molecule has 4 heteroatoms. The highest BCUT2D eigenvalue weighted by molar-refractivity contribution is 5.94. The summed E-state index contributed by atoms with van der Waals surface area (Å²) < 4.78 is 11.0. The average Bonchev–Trinajstić information content (AvgIpc) is 2.26. The topological polar surface area (TPSA) is 47.9 Å². The number of carbonyl (C=O) groups is 1. The first-order valence-electron chi connectivity index (χ1n) is 6.61. The van der Waals surface area contributed by atoms with E-state index in [1.54, 1.807) is 7.11 Å². The van der Waals surface area contributed by atoms with Gasteiger partial charge in [-0.15, -0.1) is 0 Å². The molecule has 0 unspecified atom stereocenters. The van der Waals surface area contributed by atoms with E-state index >= 15 is 0 Å². The SMILES string of the molecule is CCCC[C@@H]1N=C(OC)[C@](C)(C(C)(C)C)OC1=O. The highest BCUT2D eigenvalue weighted by Gasteiger charge is 2.51. The minimum atomic E-state index is -0.790. The van der Waals surface area contributed by atoms with E-state index in [-0.39, 0.29) is 11.4 Å². The van der Waals surface area contributed by atoms with Gasteiger partial charge in [-0.25, -0.2) is 9.79 Å². The maximum Gasteiger partial charge on any atom is 0.332 e.